The summed E-state index contributed by atoms with van der Waals surface area (Å²) in [5, 5.41) is 5.52. The maximum Gasteiger partial charge on any atom is 0.286 e. The number of carbonyl (C=O) groups excluding carboxylic acids is 1. The Morgan fingerprint density at radius 1 is 0.943 bits per heavy atom. The molecule has 180 valence electrons. The van der Waals surface area contributed by atoms with Crippen LogP contribution in [0.25, 0.3) is 23.0 Å². The van der Waals surface area contributed by atoms with Gasteiger partial charge >= 0.3 is 0 Å². The maximum atomic E-state index is 12.5. The van der Waals surface area contributed by atoms with Gasteiger partial charge in [-0.1, -0.05) is 12.1 Å². The summed E-state index contributed by atoms with van der Waals surface area (Å²) >= 11 is 1.40. The van der Waals surface area contributed by atoms with Crippen LogP contribution in [0.1, 0.15) is 5.69 Å². The lowest BCUT2D eigenvalue weighted by atomic mass is 10.1. The van der Waals surface area contributed by atoms with Gasteiger partial charge in [0, 0.05) is 50.5 Å². The molecule has 0 aliphatic carbocycles. The highest BCUT2D eigenvalue weighted by molar-refractivity contribution is 8.18. The number of fused-ring (bicyclic) bond motifs is 1. The summed E-state index contributed by atoms with van der Waals surface area (Å²) in [7, 11) is 2.17. The van der Waals surface area contributed by atoms with E-state index in [1.54, 1.807) is 0 Å². The zero-order valence-electron chi connectivity index (χ0n) is 19.6. The van der Waals surface area contributed by atoms with Gasteiger partial charge in [0.25, 0.3) is 5.91 Å². The topological polar surface area (TPSA) is 78.6 Å². The van der Waals surface area contributed by atoms with Crippen LogP contribution in [-0.2, 0) is 9.53 Å². The first-order valence-electron chi connectivity index (χ1n) is 11.9. The van der Waals surface area contributed by atoms with Crippen molar-refractivity contribution in [1.29, 1.82) is 0 Å². The maximum absolute atomic E-state index is 12.5. The molecule has 9 nitrogen and oxygen atoms in total. The molecule has 1 aromatic carbocycles. The molecule has 0 atom stereocenters. The predicted molar refractivity (Wildman–Crippen MR) is 139 cm³/mol. The number of likely N-dealkylation sites (N-methyl/N-ethyl adjacent to an activating group) is 1. The Balaban J connectivity index is 1.23. The van der Waals surface area contributed by atoms with Gasteiger partial charge in [-0.3, -0.25) is 4.79 Å². The minimum absolute atomic E-state index is 0.219. The van der Waals surface area contributed by atoms with E-state index < -0.39 is 0 Å². The molecule has 6 rings (SSSR count). The van der Waals surface area contributed by atoms with E-state index in [4.69, 9.17) is 9.84 Å². The number of ether oxygens (including phenoxy) is 1. The van der Waals surface area contributed by atoms with Crippen molar-refractivity contribution in [1.82, 2.24) is 24.4 Å². The molecule has 3 aliphatic rings. The molecule has 2 fully saturated rings. The van der Waals surface area contributed by atoms with Gasteiger partial charge in [0.1, 0.15) is 0 Å². The van der Waals surface area contributed by atoms with Gasteiger partial charge in [-0.25, -0.2) is 9.50 Å². The van der Waals surface area contributed by atoms with Crippen LogP contribution in [0, 0.1) is 0 Å². The van der Waals surface area contributed by atoms with E-state index in [9.17, 15) is 4.79 Å². The molecule has 1 amide bonds. The lowest BCUT2D eigenvalue weighted by Crippen LogP contribution is -2.44. The van der Waals surface area contributed by atoms with E-state index in [2.05, 4.69) is 56.0 Å². The van der Waals surface area contributed by atoms with Crippen molar-refractivity contribution < 1.29 is 9.53 Å². The summed E-state index contributed by atoms with van der Waals surface area (Å²) in [6.45, 7) is 7.06. The van der Waals surface area contributed by atoms with Gasteiger partial charge in [-0.05, 0) is 49.2 Å². The molecule has 0 spiro atoms. The van der Waals surface area contributed by atoms with Crippen LogP contribution >= 0.6 is 11.8 Å². The molecule has 0 radical (unpaired) electrons. The lowest BCUT2D eigenvalue weighted by molar-refractivity contribution is -0.113. The molecular weight excluding hydrogens is 462 g/mol. The average molecular weight is 490 g/mol. The molecule has 0 unspecified atom stereocenters. The van der Waals surface area contributed by atoms with Gasteiger partial charge in [-0.15, -0.1) is 0 Å². The minimum atomic E-state index is -0.219. The molecule has 3 aromatic rings. The first kappa shape index (κ1) is 22.3. The lowest BCUT2D eigenvalue weighted by Gasteiger charge is -2.34. The van der Waals surface area contributed by atoms with Crippen molar-refractivity contribution >= 4 is 40.2 Å². The van der Waals surface area contributed by atoms with E-state index in [1.165, 1.54) is 17.4 Å². The Bertz CT molecular complexity index is 1300. The third-order valence-corrected chi connectivity index (χ3v) is 7.63. The second-order valence-electron chi connectivity index (χ2n) is 8.92. The molecule has 35 heavy (non-hydrogen) atoms. The number of imidazole rings is 1. The van der Waals surface area contributed by atoms with E-state index in [1.807, 2.05) is 28.9 Å². The number of hydrogen-bond donors (Lipinski definition) is 0. The summed E-state index contributed by atoms with van der Waals surface area (Å²) < 4.78 is 7.24. The SMILES string of the molecule is CN1CCN(c2ccc(-c3cnc4ccc(C=C5SC(N6CCOCC6)=NC5=O)nn34)cc2)CC1. The van der Waals surface area contributed by atoms with Gasteiger partial charge < -0.3 is 19.4 Å². The Kier molecular flexibility index (Phi) is 6.01. The Hall–Kier alpha value is -3.21. The van der Waals surface area contributed by atoms with Crippen molar-refractivity contribution in [3.8, 4) is 11.3 Å². The van der Waals surface area contributed by atoms with E-state index in [0.29, 0.717) is 23.8 Å². The number of hydrogen-bond acceptors (Lipinski definition) is 8. The number of rotatable bonds is 3. The van der Waals surface area contributed by atoms with Crippen LogP contribution in [0.15, 0.2) is 52.5 Å². The number of aromatic nitrogens is 3. The van der Waals surface area contributed by atoms with Crippen LogP contribution in [0.3, 0.4) is 0 Å². The number of morpholine rings is 1. The molecule has 2 saturated heterocycles. The summed E-state index contributed by atoms with van der Waals surface area (Å²) in [5.74, 6) is -0.219. The largest absolute Gasteiger partial charge is 0.378 e. The number of amides is 1. The third-order valence-electron chi connectivity index (χ3n) is 6.58. The summed E-state index contributed by atoms with van der Waals surface area (Å²) in [4.78, 5) is 28.8. The molecule has 0 bridgehead atoms. The van der Waals surface area contributed by atoms with Gasteiger partial charge in [0.05, 0.1) is 35.7 Å². The second-order valence-corrected chi connectivity index (χ2v) is 9.93. The van der Waals surface area contributed by atoms with Gasteiger partial charge in [-0.2, -0.15) is 10.1 Å². The number of benzene rings is 1. The first-order chi connectivity index (χ1) is 17.1. The highest BCUT2D eigenvalue weighted by atomic mass is 32.2. The number of thioether (sulfide) groups is 1. The number of amidine groups is 1. The van der Waals surface area contributed by atoms with Crippen LogP contribution < -0.4 is 4.90 Å². The fourth-order valence-electron chi connectivity index (χ4n) is 4.49. The van der Waals surface area contributed by atoms with Crippen molar-refractivity contribution in [2.24, 2.45) is 4.99 Å². The van der Waals surface area contributed by atoms with E-state index >= 15 is 0 Å². The van der Waals surface area contributed by atoms with Gasteiger partial charge in [0.15, 0.2) is 10.8 Å². The molecule has 0 saturated carbocycles. The van der Waals surface area contributed by atoms with Crippen molar-refractivity contribution in [2.45, 2.75) is 0 Å². The number of piperazine rings is 1. The Labute approximate surface area is 208 Å². The number of anilines is 1. The Morgan fingerprint density at radius 3 is 2.49 bits per heavy atom. The zero-order valence-corrected chi connectivity index (χ0v) is 20.4. The van der Waals surface area contributed by atoms with Crippen molar-refractivity contribution in [3.05, 3.63) is 53.2 Å². The summed E-state index contributed by atoms with van der Waals surface area (Å²) in [5.41, 5.74) is 4.67. The molecule has 2 aromatic heterocycles. The van der Waals surface area contributed by atoms with E-state index in [0.717, 1.165) is 61.3 Å². The number of carbonyl (C=O) groups is 1. The zero-order chi connectivity index (χ0) is 23.8. The number of nitrogens with zero attached hydrogens (tertiary/aromatic N) is 7. The monoisotopic (exact) mass is 489 g/mol. The van der Waals surface area contributed by atoms with E-state index in [-0.39, 0.29) is 5.91 Å². The van der Waals surface area contributed by atoms with Crippen LogP contribution in [0.5, 0.6) is 0 Å². The standard InChI is InChI=1S/C25H27N7O2S/c1-29-8-10-30(11-9-29)20-5-2-18(3-6-20)21-17-26-23-7-4-19(28-32(21)23)16-22-24(33)27-25(35-22)31-12-14-34-15-13-31/h2-7,16-17H,8-15H2,1H3. The van der Waals surface area contributed by atoms with Crippen LogP contribution in [0.4, 0.5) is 5.69 Å². The molecular formula is C25H27N7O2S. The van der Waals surface area contributed by atoms with Gasteiger partial charge in [0.2, 0.25) is 0 Å². The normalized spacial score (nSPS) is 20.8. The van der Waals surface area contributed by atoms with Crippen LogP contribution in [0.2, 0.25) is 0 Å². The average Bonchev–Trinajstić information content (AvgIpc) is 3.48. The molecule has 0 N–H and O–H groups in total. The molecule has 10 heteroatoms. The summed E-state index contributed by atoms with van der Waals surface area (Å²) in [6, 6.07) is 12.4. The van der Waals surface area contributed by atoms with Crippen molar-refractivity contribution in [3.63, 3.8) is 0 Å². The first-order valence-corrected chi connectivity index (χ1v) is 12.7. The Morgan fingerprint density at radius 2 is 1.71 bits per heavy atom. The fourth-order valence-corrected chi connectivity index (χ4v) is 5.44. The highest BCUT2D eigenvalue weighted by Crippen LogP contribution is 2.31. The smallest absolute Gasteiger partial charge is 0.286 e. The van der Waals surface area contributed by atoms with Crippen LogP contribution in [-0.4, -0.2) is 95.0 Å². The van der Waals surface area contributed by atoms with Crippen molar-refractivity contribution in [2.75, 3.05) is 64.4 Å². The highest BCUT2D eigenvalue weighted by Gasteiger charge is 2.27. The second kappa shape index (κ2) is 9.44. The minimum Gasteiger partial charge on any atom is -0.378 e. The number of aliphatic imine (C=N–C) groups is 1. The molecule has 5 heterocycles. The summed E-state index contributed by atoms with van der Waals surface area (Å²) in [6.07, 6.45) is 3.66. The molecule has 3 aliphatic heterocycles. The fraction of sp³-hybridized carbons (Fsp3) is 0.360. The predicted octanol–water partition coefficient (Wildman–Crippen LogP) is 2.45. The quantitative estimate of drug-likeness (QED) is 0.520. The third kappa shape index (κ3) is 4.56.